The van der Waals surface area contributed by atoms with Gasteiger partial charge in [0.1, 0.15) is 24.6 Å². The minimum absolute atomic E-state index is 0.176. The zero-order chi connectivity index (χ0) is 30.6. The molecule has 224 valence electrons. The van der Waals surface area contributed by atoms with Crippen molar-refractivity contribution in [3.8, 4) is 11.5 Å². The van der Waals surface area contributed by atoms with Crippen LogP contribution in [0.4, 0.5) is 5.69 Å². The van der Waals surface area contributed by atoms with Gasteiger partial charge in [-0.05, 0) is 86.4 Å². The maximum Gasteiger partial charge on any atom is 0.199 e. The first-order valence-electron chi connectivity index (χ1n) is 15.6. The molecule has 4 heteroatoms. The van der Waals surface area contributed by atoms with Crippen molar-refractivity contribution in [3.63, 3.8) is 0 Å². The van der Waals surface area contributed by atoms with Gasteiger partial charge in [0.15, 0.2) is 5.71 Å². The number of hydrogen-bond acceptors (Lipinski definition) is 3. The third-order valence-electron chi connectivity index (χ3n) is 8.31. The van der Waals surface area contributed by atoms with Crippen molar-refractivity contribution in [2.75, 3.05) is 45.3 Å². The summed E-state index contributed by atoms with van der Waals surface area (Å²) in [6.07, 6.45) is 16.0. The Morgan fingerprint density at radius 3 is 1.74 bits per heavy atom. The van der Waals surface area contributed by atoms with Crippen molar-refractivity contribution in [3.05, 3.63) is 132 Å². The van der Waals surface area contributed by atoms with Crippen LogP contribution in [0.15, 0.2) is 115 Å². The zero-order valence-electron chi connectivity index (χ0n) is 26.7. The number of ether oxygens (including phenoxy) is 2. The fourth-order valence-corrected chi connectivity index (χ4v) is 5.71. The molecule has 0 aliphatic heterocycles. The van der Waals surface area contributed by atoms with E-state index in [1.807, 2.05) is 12.1 Å². The number of nitrogens with zero attached hydrogens (tertiary/aromatic N) is 2. The Labute approximate surface area is 259 Å². The molecule has 0 saturated carbocycles. The van der Waals surface area contributed by atoms with Gasteiger partial charge in [-0.25, -0.2) is 4.58 Å². The number of hydrogen-bond donors (Lipinski definition) is 0. The average molecular weight is 576 g/mol. The van der Waals surface area contributed by atoms with Crippen LogP contribution in [0, 0.1) is 5.92 Å². The van der Waals surface area contributed by atoms with Crippen LogP contribution in [0.1, 0.15) is 50.3 Å². The van der Waals surface area contributed by atoms with Gasteiger partial charge < -0.3 is 14.4 Å². The van der Waals surface area contributed by atoms with E-state index in [1.165, 1.54) is 28.1 Å². The van der Waals surface area contributed by atoms with Gasteiger partial charge in [-0.2, -0.15) is 0 Å². The highest BCUT2D eigenvalue weighted by atomic mass is 16.5. The van der Waals surface area contributed by atoms with Crippen LogP contribution >= 0.6 is 0 Å². The first-order valence-corrected chi connectivity index (χ1v) is 15.6. The van der Waals surface area contributed by atoms with Crippen molar-refractivity contribution < 1.29 is 14.0 Å². The first-order chi connectivity index (χ1) is 21.0. The summed E-state index contributed by atoms with van der Waals surface area (Å²) in [5, 5.41) is 0. The van der Waals surface area contributed by atoms with Crippen LogP contribution in [0.25, 0.3) is 5.57 Å². The van der Waals surface area contributed by atoms with Gasteiger partial charge in [0.05, 0.1) is 14.2 Å². The lowest BCUT2D eigenvalue weighted by atomic mass is 9.83. The maximum atomic E-state index is 5.45. The lowest BCUT2D eigenvalue weighted by Crippen LogP contribution is -2.21. The molecule has 3 aromatic carbocycles. The molecule has 0 saturated heterocycles. The van der Waals surface area contributed by atoms with E-state index in [9.17, 15) is 0 Å². The van der Waals surface area contributed by atoms with E-state index >= 15 is 0 Å². The summed E-state index contributed by atoms with van der Waals surface area (Å²) in [5.41, 5.74) is 7.28. The average Bonchev–Trinajstić information content (AvgIpc) is 3.07. The summed E-state index contributed by atoms with van der Waals surface area (Å²) in [4.78, 5) is 2.37. The van der Waals surface area contributed by atoms with Crippen molar-refractivity contribution in [1.82, 2.24) is 0 Å². The number of allylic oxidation sites excluding steroid dienone is 7. The summed E-state index contributed by atoms with van der Waals surface area (Å²) < 4.78 is 13.3. The van der Waals surface area contributed by atoms with Crippen LogP contribution in [-0.4, -0.2) is 50.7 Å². The molecule has 0 spiro atoms. The van der Waals surface area contributed by atoms with Gasteiger partial charge in [-0.3, -0.25) is 0 Å². The molecule has 0 bridgehead atoms. The van der Waals surface area contributed by atoms with E-state index in [0.29, 0.717) is 0 Å². The minimum Gasteiger partial charge on any atom is -0.497 e. The molecule has 0 radical (unpaired) electrons. The molecule has 0 N–H and O–H groups in total. The molecular formula is C39H47N2O2+. The molecule has 4 rings (SSSR count). The van der Waals surface area contributed by atoms with Gasteiger partial charge in [-0.15, -0.1) is 0 Å². The Bertz CT molecular complexity index is 1430. The van der Waals surface area contributed by atoms with E-state index in [4.69, 9.17) is 9.47 Å². The smallest absolute Gasteiger partial charge is 0.199 e. The van der Waals surface area contributed by atoms with E-state index in [2.05, 4.69) is 140 Å². The molecule has 0 fully saturated rings. The van der Waals surface area contributed by atoms with E-state index in [-0.39, 0.29) is 11.8 Å². The van der Waals surface area contributed by atoms with Crippen molar-refractivity contribution >= 4 is 17.0 Å². The molecule has 0 aromatic heterocycles. The van der Waals surface area contributed by atoms with E-state index < -0.39 is 0 Å². The van der Waals surface area contributed by atoms with Crippen LogP contribution in [-0.2, 0) is 0 Å². The summed E-state index contributed by atoms with van der Waals surface area (Å²) in [6, 6.07) is 25.7. The molecule has 0 amide bonds. The van der Waals surface area contributed by atoms with Crippen molar-refractivity contribution in [1.29, 1.82) is 0 Å². The first kappa shape index (κ1) is 31.6. The second-order valence-electron chi connectivity index (χ2n) is 10.6. The fourth-order valence-electron chi connectivity index (χ4n) is 5.71. The summed E-state index contributed by atoms with van der Waals surface area (Å²) in [6.45, 7) is 12.8. The minimum atomic E-state index is 0.176. The highest BCUT2D eigenvalue weighted by Gasteiger charge is 2.21. The van der Waals surface area contributed by atoms with E-state index in [0.717, 1.165) is 43.2 Å². The molecule has 1 aliphatic carbocycles. The van der Waals surface area contributed by atoms with E-state index in [1.54, 1.807) is 14.2 Å². The van der Waals surface area contributed by atoms with Crippen LogP contribution in [0.5, 0.6) is 11.5 Å². The normalized spacial score (nSPS) is 15.5. The van der Waals surface area contributed by atoms with Gasteiger partial charge in [0.2, 0.25) is 0 Å². The monoisotopic (exact) mass is 575 g/mol. The summed E-state index contributed by atoms with van der Waals surface area (Å²) in [5.74, 6) is 2.14. The Hall–Kier alpha value is -4.31. The SMILES string of the molecule is CCN(CC)c1ccc(C(=CC=CC(c2ccc(OC)cc2)C2C=CC(=[N+](CC)CC)C=C2)c2ccc(OC)cc2)cc1. The second-order valence-corrected chi connectivity index (χ2v) is 10.6. The predicted octanol–water partition coefficient (Wildman–Crippen LogP) is 8.56. The molecule has 1 unspecified atom stereocenters. The standard InChI is InChI=1S/C39H47N2O2/c1-7-40(8-2)34-22-14-30(15-23-34)38(32-18-26-36(42-5)27-19-32)12-11-13-39(33-20-28-37(43-6)29-21-33)31-16-24-35(25-17-31)41(9-3)10-4/h11-30,38H,7-10H2,1-6H3/q+1. The van der Waals surface area contributed by atoms with Crippen molar-refractivity contribution in [2.24, 2.45) is 5.92 Å². The van der Waals surface area contributed by atoms with Gasteiger partial charge in [0, 0.05) is 42.8 Å². The molecular weight excluding hydrogens is 528 g/mol. The highest BCUT2D eigenvalue weighted by molar-refractivity contribution is 6.01. The Balaban J connectivity index is 1.72. The molecule has 1 aliphatic rings. The number of benzene rings is 3. The molecule has 3 aromatic rings. The lowest BCUT2D eigenvalue weighted by molar-refractivity contribution is -0.519. The Morgan fingerprint density at radius 1 is 0.744 bits per heavy atom. The molecule has 43 heavy (non-hydrogen) atoms. The fraction of sp³-hybridized carbons (Fsp3) is 0.308. The number of anilines is 1. The van der Waals surface area contributed by atoms with Gasteiger partial charge in [-0.1, -0.05) is 66.8 Å². The highest BCUT2D eigenvalue weighted by Crippen LogP contribution is 2.33. The lowest BCUT2D eigenvalue weighted by Gasteiger charge is -2.22. The summed E-state index contributed by atoms with van der Waals surface area (Å²) >= 11 is 0. The molecule has 0 heterocycles. The van der Waals surface area contributed by atoms with Crippen LogP contribution < -0.4 is 14.4 Å². The van der Waals surface area contributed by atoms with Crippen LogP contribution in [0.3, 0.4) is 0 Å². The van der Waals surface area contributed by atoms with Gasteiger partial charge >= 0.3 is 0 Å². The molecule has 1 atom stereocenters. The van der Waals surface area contributed by atoms with Crippen LogP contribution in [0.2, 0.25) is 0 Å². The van der Waals surface area contributed by atoms with Gasteiger partial charge in [0.25, 0.3) is 0 Å². The zero-order valence-corrected chi connectivity index (χ0v) is 26.7. The van der Waals surface area contributed by atoms with Crippen molar-refractivity contribution in [2.45, 2.75) is 33.6 Å². The second kappa shape index (κ2) is 15.8. The predicted molar refractivity (Wildman–Crippen MR) is 183 cm³/mol. The molecule has 4 nitrogen and oxygen atoms in total. The third-order valence-corrected chi connectivity index (χ3v) is 8.31. The maximum absolute atomic E-state index is 5.45. The number of methoxy groups -OCH3 is 2. The largest absolute Gasteiger partial charge is 0.497 e. The topological polar surface area (TPSA) is 24.7 Å². The Kier molecular flexibility index (Phi) is 11.6. The number of rotatable bonds is 13. The third kappa shape index (κ3) is 7.95. The summed E-state index contributed by atoms with van der Waals surface area (Å²) in [7, 11) is 3.42. The quantitative estimate of drug-likeness (QED) is 0.151. The Morgan fingerprint density at radius 2 is 1.26 bits per heavy atom.